The number of carbonyl (C=O) groups is 2. The first-order valence-electron chi connectivity index (χ1n) is 26.7. The molecule has 0 aliphatic rings. The highest BCUT2D eigenvalue weighted by Gasteiger charge is 2.17. The summed E-state index contributed by atoms with van der Waals surface area (Å²) in [7, 11) is 0. The van der Waals surface area contributed by atoms with E-state index in [0.29, 0.717) is 19.4 Å². The third-order valence-electron chi connectivity index (χ3n) is 10.7. The second-order valence-electron chi connectivity index (χ2n) is 17.0. The van der Waals surface area contributed by atoms with Crippen LogP contribution in [-0.2, 0) is 23.8 Å². The number of unbranched alkanes of at least 4 members (excludes halogenated alkanes) is 14. The lowest BCUT2D eigenvalue weighted by molar-refractivity contribution is -0.163. The van der Waals surface area contributed by atoms with Crippen molar-refractivity contribution in [3.63, 3.8) is 0 Å². The maximum Gasteiger partial charge on any atom is 0.306 e. The molecule has 1 atom stereocenters. The molecule has 0 amide bonds. The molecule has 0 saturated carbocycles. The third kappa shape index (κ3) is 52.7. The molecule has 0 aliphatic carbocycles. The number of rotatable bonds is 47. The minimum absolute atomic E-state index is 0.0374. The lowest BCUT2D eigenvalue weighted by Gasteiger charge is -2.18. The highest BCUT2D eigenvalue weighted by molar-refractivity contribution is 5.70. The highest BCUT2D eigenvalue weighted by Crippen LogP contribution is 2.12. The molecule has 0 rings (SSSR count). The summed E-state index contributed by atoms with van der Waals surface area (Å²) in [5.74, 6) is -0.476. The van der Waals surface area contributed by atoms with Crippen LogP contribution in [-0.4, -0.2) is 37.9 Å². The molecule has 372 valence electrons. The van der Waals surface area contributed by atoms with E-state index in [1.165, 1.54) is 44.9 Å². The molecule has 66 heavy (non-hydrogen) atoms. The number of carbonyl (C=O) groups excluding carboxylic acids is 2. The van der Waals surface area contributed by atoms with Crippen molar-refractivity contribution >= 4 is 11.9 Å². The topological polar surface area (TPSA) is 61.8 Å². The van der Waals surface area contributed by atoms with E-state index in [0.717, 1.165) is 135 Å². The summed E-state index contributed by atoms with van der Waals surface area (Å²) in [6.45, 7) is 7.39. The lowest BCUT2D eigenvalue weighted by atomic mass is 10.1. The van der Waals surface area contributed by atoms with Crippen LogP contribution in [0.2, 0.25) is 0 Å². The van der Waals surface area contributed by atoms with Crippen LogP contribution >= 0.6 is 0 Å². The van der Waals surface area contributed by atoms with Crippen LogP contribution in [0.4, 0.5) is 0 Å². The first-order valence-corrected chi connectivity index (χ1v) is 26.7. The number of hydrogen-bond acceptors (Lipinski definition) is 5. The largest absolute Gasteiger partial charge is 0.462 e. The van der Waals surface area contributed by atoms with E-state index in [1.54, 1.807) is 0 Å². The van der Waals surface area contributed by atoms with Gasteiger partial charge in [0.2, 0.25) is 0 Å². The van der Waals surface area contributed by atoms with Crippen molar-refractivity contribution in [3.05, 3.63) is 134 Å². The summed E-state index contributed by atoms with van der Waals surface area (Å²) >= 11 is 0. The third-order valence-corrected chi connectivity index (χ3v) is 10.7. The Labute approximate surface area is 407 Å². The molecule has 0 fully saturated rings. The summed E-state index contributed by atoms with van der Waals surface area (Å²) < 4.78 is 17.3. The van der Waals surface area contributed by atoms with Gasteiger partial charge >= 0.3 is 11.9 Å². The van der Waals surface area contributed by atoms with Crippen LogP contribution in [0.25, 0.3) is 0 Å². The summed E-state index contributed by atoms with van der Waals surface area (Å²) in [6, 6.07) is 0. The Balaban J connectivity index is 4.45. The standard InChI is InChI=1S/C61H98O5/c1-4-7-10-13-16-19-22-25-27-29-30-31-33-35-38-41-44-47-50-53-56-64-57-59(66-61(63)55-52-49-46-43-40-36-24-21-18-15-12-9-6-3)58-65-60(62)54-51-48-45-42-39-37-34-32-28-26-23-20-17-14-11-8-5-2/h7-8,10-11,16-17,19-21,24-28,30-31,34-35,37-38,44,47,59H,4-6,9,12-15,18,22-23,29,32-33,36,39-43,45-46,48-58H2,1-3H3/b10-7-,11-8-,19-16-,20-17-,24-21-,27-25-,28-26-,31-30-,37-34-,38-35-,47-44-. The Kier molecular flexibility index (Phi) is 52.0. The number of ether oxygens (including phenoxy) is 3. The Hall–Kier alpha value is -3.96. The Morgan fingerprint density at radius 3 is 1.11 bits per heavy atom. The molecule has 5 heteroatoms. The average Bonchev–Trinajstić information content (AvgIpc) is 3.32. The molecular weight excluding hydrogens is 813 g/mol. The van der Waals surface area contributed by atoms with Crippen molar-refractivity contribution in [2.75, 3.05) is 19.8 Å². The maximum atomic E-state index is 12.8. The van der Waals surface area contributed by atoms with Crippen LogP contribution in [0.1, 0.15) is 213 Å². The van der Waals surface area contributed by atoms with E-state index in [2.05, 4.69) is 154 Å². The van der Waals surface area contributed by atoms with Crippen molar-refractivity contribution in [1.82, 2.24) is 0 Å². The zero-order chi connectivity index (χ0) is 47.7. The fourth-order valence-corrected chi connectivity index (χ4v) is 6.75. The average molecular weight is 911 g/mol. The van der Waals surface area contributed by atoms with Crippen molar-refractivity contribution in [3.8, 4) is 0 Å². The van der Waals surface area contributed by atoms with E-state index in [1.807, 2.05) is 0 Å². The molecule has 0 aromatic rings. The van der Waals surface area contributed by atoms with Gasteiger partial charge < -0.3 is 14.2 Å². The molecule has 5 nitrogen and oxygen atoms in total. The van der Waals surface area contributed by atoms with Gasteiger partial charge in [-0.3, -0.25) is 9.59 Å². The molecule has 0 heterocycles. The van der Waals surface area contributed by atoms with E-state index in [9.17, 15) is 9.59 Å². The van der Waals surface area contributed by atoms with E-state index in [4.69, 9.17) is 14.2 Å². The quantitative estimate of drug-likeness (QED) is 0.0346. The molecule has 0 aromatic carbocycles. The Bertz CT molecular complexity index is 1400. The van der Waals surface area contributed by atoms with Gasteiger partial charge in [0.05, 0.1) is 6.61 Å². The fraction of sp³-hybridized carbons (Fsp3) is 0.607. The van der Waals surface area contributed by atoms with Crippen molar-refractivity contribution in [2.24, 2.45) is 0 Å². The second kappa shape index (κ2) is 55.4. The summed E-state index contributed by atoms with van der Waals surface area (Å²) in [5, 5.41) is 0. The van der Waals surface area contributed by atoms with Gasteiger partial charge in [0.1, 0.15) is 6.61 Å². The van der Waals surface area contributed by atoms with Crippen molar-refractivity contribution in [2.45, 2.75) is 219 Å². The molecule has 0 saturated heterocycles. The van der Waals surface area contributed by atoms with Gasteiger partial charge in [-0.1, -0.05) is 206 Å². The predicted molar refractivity (Wildman–Crippen MR) is 288 cm³/mol. The Morgan fingerprint density at radius 1 is 0.348 bits per heavy atom. The number of hydrogen-bond donors (Lipinski definition) is 0. The molecule has 0 spiro atoms. The fourth-order valence-electron chi connectivity index (χ4n) is 6.75. The molecule has 0 aliphatic heterocycles. The van der Waals surface area contributed by atoms with E-state index >= 15 is 0 Å². The monoisotopic (exact) mass is 911 g/mol. The summed E-state index contributed by atoms with van der Waals surface area (Å²) in [4.78, 5) is 25.4. The normalized spacial score (nSPS) is 13.3. The van der Waals surface area contributed by atoms with Crippen molar-refractivity contribution in [1.29, 1.82) is 0 Å². The summed E-state index contributed by atoms with van der Waals surface area (Å²) in [5.41, 5.74) is 0. The number of esters is 2. The zero-order valence-corrected chi connectivity index (χ0v) is 42.7. The van der Waals surface area contributed by atoms with Crippen LogP contribution in [0.3, 0.4) is 0 Å². The maximum absolute atomic E-state index is 12.8. The van der Waals surface area contributed by atoms with Crippen LogP contribution in [0.5, 0.6) is 0 Å². The van der Waals surface area contributed by atoms with Gasteiger partial charge in [0.25, 0.3) is 0 Å². The molecule has 0 radical (unpaired) electrons. The van der Waals surface area contributed by atoms with Gasteiger partial charge in [0, 0.05) is 19.4 Å². The predicted octanol–water partition coefficient (Wildman–Crippen LogP) is 18.3. The van der Waals surface area contributed by atoms with Gasteiger partial charge in [-0.2, -0.15) is 0 Å². The zero-order valence-electron chi connectivity index (χ0n) is 42.7. The van der Waals surface area contributed by atoms with E-state index < -0.39 is 6.10 Å². The van der Waals surface area contributed by atoms with Gasteiger partial charge in [-0.05, 0) is 128 Å². The minimum atomic E-state index is -0.591. The van der Waals surface area contributed by atoms with Crippen molar-refractivity contribution < 1.29 is 23.8 Å². The molecule has 1 unspecified atom stereocenters. The SMILES string of the molecule is CC/C=C\C/C=C\C/C=C\C/C=C\C/C=C\C/C=C\CCCOCC(COC(=O)CCCCCC/C=C\C/C=C\C/C=C\C/C=C\CC)OC(=O)CCCCCCC/C=C\CCCCCC. The van der Waals surface area contributed by atoms with Gasteiger partial charge in [-0.15, -0.1) is 0 Å². The first-order chi connectivity index (χ1) is 32.6. The van der Waals surface area contributed by atoms with Crippen LogP contribution < -0.4 is 0 Å². The molecular formula is C61H98O5. The first kappa shape index (κ1) is 62.0. The van der Waals surface area contributed by atoms with Gasteiger partial charge in [-0.25, -0.2) is 0 Å². The smallest absolute Gasteiger partial charge is 0.306 e. The van der Waals surface area contributed by atoms with E-state index in [-0.39, 0.29) is 25.2 Å². The summed E-state index contributed by atoms with van der Waals surface area (Å²) in [6.07, 6.45) is 79.0. The molecule has 0 bridgehead atoms. The number of allylic oxidation sites excluding steroid dienone is 22. The molecule has 0 N–H and O–H groups in total. The minimum Gasteiger partial charge on any atom is -0.462 e. The Morgan fingerprint density at radius 2 is 0.682 bits per heavy atom. The highest BCUT2D eigenvalue weighted by atomic mass is 16.6. The lowest BCUT2D eigenvalue weighted by Crippen LogP contribution is -2.30. The molecule has 0 aromatic heterocycles. The van der Waals surface area contributed by atoms with Crippen LogP contribution in [0.15, 0.2) is 134 Å². The second-order valence-corrected chi connectivity index (χ2v) is 17.0. The van der Waals surface area contributed by atoms with Gasteiger partial charge in [0.15, 0.2) is 6.10 Å². The van der Waals surface area contributed by atoms with Crippen LogP contribution in [0, 0.1) is 0 Å².